The molecule has 1 fully saturated rings. The quantitative estimate of drug-likeness (QED) is 0.613. The number of amides is 1. The molecule has 0 aliphatic carbocycles. The van der Waals surface area contributed by atoms with E-state index in [1.807, 2.05) is 0 Å². The van der Waals surface area contributed by atoms with Crippen LogP contribution in [-0.4, -0.2) is 43.7 Å². The predicted molar refractivity (Wildman–Crippen MR) is 75.3 cm³/mol. The number of aromatic nitrogens is 1. The number of terminal acetylenes is 1. The van der Waals surface area contributed by atoms with Crippen LogP contribution in [0.25, 0.3) is 0 Å². The Kier molecular flexibility index (Phi) is 4.60. The van der Waals surface area contributed by atoms with E-state index in [-0.39, 0.29) is 11.7 Å². The van der Waals surface area contributed by atoms with E-state index in [9.17, 15) is 4.79 Å². The molecule has 0 saturated carbocycles. The van der Waals surface area contributed by atoms with Gasteiger partial charge < -0.3 is 20.7 Å². The number of hydrogen-bond donors (Lipinski definition) is 2. The van der Waals surface area contributed by atoms with Gasteiger partial charge in [0, 0.05) is 26.1 Å². The van der Waals surface area contributed by atoms with Crippen molar-refractivity contribution in [3.8, 4) is 12.3 Å². The molecule has 1 aliphatic heterocycles. The van der Waals surface area contributed by atoms with Crippen molar-refractivity contribution < 1.29 is 9.53 Å². The second-order valence-electron chi connectivity index (χ2n) is 4.02. The van der Waals surface area contributed by atoms with E-state index in [0.29, 0.717) is 31.1 Å². The molecule has 19 heavy (non-hydrogen) atoms. The number of nitrogen functional groups attached to an aromatic ring is 1. The average Bonchev–Trinajstić information content (AvgIpc) is 2.82. The van der Waals surface area contributed by atoms with Crippen LogP contribution in [-0.2, 0) is 4.74 Å². The normalized spacial score (nSPS) is 15.0. The molecule has 1 aromatic heterocycles. The van der Waals surface area contributed by atoms with E-state index < -0.39 is 0 Å². The van der Waals surface area contributed by atoms with Crippen LogP contribution in [0.3, 0.4) is 0 Å². The molecule has 2 heterocycles. The summed E-state index contributed by atoms with van der Waals surface area (Å²) >= 11 is 1.30. The van der Waals surface area contributed by atoms with Crippen molar-refractivity contribution in [2.75, 3.05) is 43.5 Å². The molecule has 1 amide bonds. The number of ether oxygens (including phenoxy) is 1. The highest BCUT2D eigenvalue weighted by Gasteiger charge is 2.20. The summed E-state index contributed by atoms with van der Waals surface area (Å²) in [7, 11) is 0. The standard InChI is InChI=1S/C12H16N4O2S/c1-2-3-4-14-11(17)9-10(13)15-12(19-9)16-5-7-18-8-6-16/h1H,3-8,13H2,(H,14,17). The highest BCUT2D eigenvalue weighted by molar-refractivity contribution is 7.18. The maximum atomic E-state index is 11.9. The van der Waals surface area contributed by atoms with Gasteiger partial charge in [-0.25, -0.2) is 4.98 Å². The fourth-order valence-corrected chi connectivity index (χ4v) is 2.65. The Bertz CT molecular complexity index is 488. The number of nitrogens with two attached hydrogens (primary N) is 1. The summed E-state index contributed by atoms with van der Waals surface area (Å²) in [6.07, 6.45) is 5.63. The lowest BCUT2D eigenvalue weighted by atomic mass is 10.4. The van der Waals surface area contributed by atoms with Crippen LogP contribution in [0.15, 0.2) is 0 Å². The zero-order valence-electron chi connectivity index (χ0n) is 10.5. The van der Waals surface area contributed by atoms with E-state index in [1.165, 1.54) is 11.3 Å². The molecule has 0 bridgehead atoms. The van der Waals surface area contributed by atoms with Crippen molar-refractivity contribution in [3.05, 3.63) is 4.88 Å². The molecule has 7 heteroatoms. The van der Waals surface area contributed by atoms with Crippen molar-refractivity contribution in [3.63, 3.8) is 0 Å². The molecule has 1 aliphatic rings. The van der Waals surface area contributed by atoms with Crippen LogP contribution in [0.1, 0.15) is 16.1 Å². The van der Waals surface area contributed by atoms with Crippen LogP contribution in [0.5, 0.6) is 0 Å². The van der Waals surface area contributed by atoms with Gasteiger partial charge in [0.2, 0.25) is 0 Å². The monoisotopic (exact) mass is 280 g/mol. The Morgan fingerprint density at radius 2 is 2.32 bits per heavy atom. The second-order valence-corrected chi connectivity index (χ2v) is 5.00. The average molecular weight is 280 g/mol. The molecule has 6 nitrogen and oxygen atoms in total. The van der Waals surface area contributed by atoms with Gasteiger partial charge in [-0.1, -0.05) is 11.3 Å². The Morgan fingerprint density at radius 3 is 3.00 bits per heavy atom. The summed E-state index contributed by atoms with van der Waals surface area (Å²) in [6, 6.07) is 0. The summed E-state index contributed by atoms with van der Waals surface area (Å²) < 4.78 is 5.28. The van der Waals surface area contributed by atoms with Crippen LogP contribution in [0, 0.1) is 12.3 Å². The first-order valence-corrected chi connectivity index (χ1v) is 6.84. The van der Waals surface area contributed by atoms with Gasteiger partial charge in [-0.2, -0.15) is 0 Å². The largest absolute Gasteiger partial charge is 0.382 e. The topological polar surface area (TPSA) is 80.5 Å². The van der Waals surface area contributed by atoms with E-state index in [2.05, 4.69) is 21.1 Å². The molecule has 3 N–H and O–H groups in total. The van der Waals surface area contributed by atoms with Crippen molar-refractivity contribution >= 4 is 28.2 Å². The zero-order valence-corrected chi connectivity index (χ0v) is 11.3. The molecule has 0 atom stereocenters. The molecule has 0 unspecified atom stereocenters. The molecule has 1 saturated heterocycles. The highest BCUT2D eigenvalue weighted by atomic mass is 32.1. The number of thiazole rings is 1. The van der Waals surface area contributed by atoms with Crippen molar-refractivity contribution in [2.45, 2.75) is 6.42 Å². The van der Waals surface area contributed by atoms with Crippen molar-refractivity contribution in [1.82, 2.24) is 10.3 Å². The Balaban J connectivity index is 2.03. The minimum Gasteiger partial charge on any atom is -0.382 e. The minimum atomic E-state index is -0.218. The lowest BCUT2D eigenvalue weighted by molar-refractivity contribution is 0.0959. The van der Waals surface area contributed by atoms with Gasteiger partial charge in [0.15, 0.2) is 5.13 Å². The Hall–Kier alpha value is -1.78. The number of rotatable bonds is 4. The van der Waals surface area contributed by atoms with Gasteiger partial charge >= 0.3 is 0 Å². The lowest BCUT2D eigenvalue weighted by Gasteiger charge is -2.25. The smallest absolute Gasteiger partial charge is 0.265 e. The van der Waals surface area contributed by atoms with E-state index in [1.54, 1.807) is 0 Å². The summed E-state index contributed by atoms with van der Waals surface area (Å²) in [5.41, 5.74) is 5.79. The third-order valence-electron chi connectivity index (χ3n) is 2.68. The fraction of sp³-hybridized carbons (Fsp3) is 0.500. The number of carbonyl (C=O) groups excluding carboxylic acids is 1. The van der Waals surface area contributed by atoms with Gasteiger partial charge in [0.05, 0.1) is 13.2 Å². The lowest BCUT2D eigenvalue weighted by Crippen LogP contribution is -2.36. The first kappa shape index (κ1) is 13.6. The fourth-order valence-electron chi connectivity index (χ4n) is 1.70. The molecule has 0 radical (unpaired) electrons. The Morgan fingerprint density at radius 1 is 1.58 bits per heavy atom. The summed E-state index contributed by atoms with van der Waals surface area (Å²) in [6.45, 7) is 3.32. The molecular weight excluding hydrogens is 264 g/mol. The number of anilines is 2. The number of nitrogens with zero attached hydrogens (tertiary/aromatic N) is 2. The van der Waals surface area contributed by atoms with Crippen LogP contribution >= 0.6 is 11.3 Å². The highest BCUT2D eigenvalue weighted by Crippen LogP contribution is 2.28. The summed E-state index contributed by atoms with van der Waals surface area (Å²) in [5.74, 6) is 2.52. The van der Waals surface area contributed by atoms with Gasteiger partial charge in [0.1, 0.15) is 10.7 Å². The Labute approximate surface area is 115 Å². The van der Waals surface area contributed by atoms with Crippen molar-refractivity contribution in [2.24, 2.45) is 0 Å². The second kappa shape index (κ2) is 6.41. The minimum absolute atomic E-state index is 0.218. The van der Waals surface area contributed by atoms with E-state index in [0.717, 1.165) is 18.2 Å². The molecule has 102 valence electrons. The van der Waals surface area contributed by atoms with Gasteiger partial charge in [0.25, 0.3) is 5.91 Å². The van der Waals surface area contributed by atoms with Crippen LogP contribution < -0.4 is 16.0 Å². The maximum Gasteiger partial charge on any atom is 0.265 e. The molecular formula is C12H16N4O2S. The molecule has 2 rings (SSSR count). The van der Waals surface area contributed by atoms with Crippen LogP contribution in [0.4, 0.5) is 10.9 Å². The number of carbonyl (C=O) groups is 1. The number of nitrogens with one attached hydrogen (secondary N) is 1. The first-order chi connectivity index (χ1) is 9.22. The van der Waals surface area contributed by atoms with Gasteiger partial charge in [-0.15, -0.1) is 12.3 Å². The summed E-state index contributed by atoms with van der Waals surface area (Å²) in [4.78, 5) is 18.7. The molecule has 0 spiro atoms. The van der Waals surface area contributed by atoms with E-state index >= 15 is 0 Å². The maximum absolute atomic E-state index is 11.9. The van der Waals surface area contributed by atoms with Gasteiger partial charge in [-0.3, -0.25) is 4.79 Å². The predicted octanol–water partition coefficient (Wildman–Crippen LogP) is 0.315. The van der Waals surface area contributed by atoms with Crippen molar-refractivity contribution in [1.29, 1.82) is 0 Å². The number of hydrogen-bond acceptors (Lipinski definition) is 6. The third kappa shape index (κ3) is 3.36. The van der Waals surface area contributed by atoms with Crippen LogP contribution in [0.2, 0.25) is 0 Å². The first-order valence-electron chi connectivity index (χ1n) is 6.03. The van der Waals surface area contributed by atoms with Gasteiger partial charge in [-0.05, 0) is 0 Å². The SMILES string of the molecule is C#CCCNC(=O)c1sc(N2CCOCC2)nc1N. The third-order valence-corrected chi connectivity index (χ3v) is 3.82. The molecule has 0 aromatic carbocycles. The molecule has 1 aromatic rings. The summed E-state index contributed by atoms with van der Waals surface area (Å²) in [5, 5.41) is 3.49. The van der Waals surface area contributed by atoms with E-state index in [4.69, 9.17) is 16.9 Å². The zero-order chi connectivity index (χ0) is 13.7. The number of morpholine rings is 1.